The van der Waals surface area contributed by atoms with Gasteiger partial charge in [-0.2, -0.15) is 0 Å². The molecule has 1 aliphatic heterocycles. The Morgan fingerprint density at radius 1 is 1.36 bits per heavy atom. The number of aliphatic imine (C=N–C) groups is 1. The van der Waals surface area contributed by atoms with Crippen LogP contribution in [0.1, 0.15) is 30.1 Å². The fourth-order valence-electron chi connectivity index (χ4n) is 3.14. The molecule has 1 fully saturated rings. The van der Waals surface area contributed by atoms with Crippen molar-refractivity contribution in [2.75, 3.05) is 26.5 Å². The average Bonchev–Trinajstić information content (AvgIpc) is 3.33. The normalized spacial score (nSPS) is 17.1. The summed E-state index contributed by atoms with van der Waals surface area (Å²) in [6, 6.07) is 8.66. The monoisotopic (exact) mass is 402 g/mol. The number of rotatable bonds is 7. The van der Waals surface area contributed by atoms with Crippen molar-refractivity contribution in [3.63, 3.8) is 0 Å². The number of nitrogens with one attached hydrogen (secondary N) is 1. The Labute approximate surface area is 171 Å². The van der Waals surface area contributed by atoms with Crippen LogP contribution in [0.15, 0.2) is 34.2 Å². The Morgan fingerprint density at radius 2 is 2.14 bits per heavy atom. The van der Waals surface area contributed by atoms with Crippen LogP contribution < -0.4 is 5.32 Å². The number of hydrogen-bond acceptors (Lipinski definition) is 5. The van der Waals surface area contributed by atoms with Crippen LogP contribution in [-0.2, 0) is 24.9 Å². The molecule has 28 heavy (non-hydrogen) atoms. The smallest absolute Gasteiger partial charge is 0.194 e. The maximum atomic E-state index is 5.75. The van der Waals surface area contributed by atoms with Crippen molar-refractivity contribution < 1.29 is 4.74 Å². The van der Waals surface area contributed by atoms with E-state index in [0.29, 0.717) is 6.54 Å². The van der Waals surface area contributed by atoms with Crippen LogP contribution in [0.4, 0.5) is 0 Å². The van der Waals surface area contributed by atoms with Gasteiger partial charge in [-0.25, -0.2) is 4.99 Å². The Hall–Kier alpha value is -2.06. The Balaban J connectivity index is 1.69. The summed E-state index contributed by atoms with van der Waals surface area (Å²) in [5.41, 5.74) is 1.25. The maximum absolute atomic E-state index is 5.75. The van der Waals surface area contributed by atoms with Gasteiger partial charge >= 0.3 is 0 Å². The second kappa shape index (κ2) is 9.93. The maximum Gasteiger partial charge on any atom is 0.194 e. The summed E-state index contributed by atoms with van der Waals surface area (Å²) in [5.74, 6) is 2.60. The van der Waals surface area contributed by atoms with E-state index in [9.17, 15) is 0 Å². The van der Waals surface area contributed by atoms with Crippen LogP contribution in [0.3, 0.4) is 0 Å². The van der Waals surface area contributed by atoms with Crippen LogP contribution in [0.5, 0.6) is 0 Å². The molecule has 0 aliphatic carbocycles. The first-order chi connectivity index (χ1) is 13.6. The third-order valence-corrected chi connectivity index (χ3v) is 5.75. The second-order valence-electron chi connectivity index (χ2n) is 7.08. The number of guanidine groups is 1. The topological polar surface area (TPSA) is 67.6 Å². The largest absolute Gasteiger partial charge is 0.376 e. The van der Waals surface area contributed by atoms with Gasteiger partial charge in [-0.3, -0.25) is 0 Å². The van der Waals surface area contributed by atoms with E-state index in [-0.39, 0.29) is 6.10 Å². The highest BCUT2D eigenvalue weighted by Gasteiger charge is 2.17. The quantitative estimate of drug-likeness (QED) is 0.436. The zero-order valence-electron chi connectivity index (χ0n) is 17.2. The molecule has 0 amide bonds. The van der Waals surface area contributed by atoms with E-state index in [2.05, 4.69) is 58.0 Å². The van der Waals surface area contributed by atoms with Gasteiger partial charge in [-0.1, -0.05) is 12.1 Å². The molecule has 1 aromatic carbocycles. The fourth-order valence-corrected chi connectivity index (χ4v) is 3.54. The molecule has 2 aromatic rings. The summed E-state index contributed by atoms with van der Waals surface area (Å²) in [6.07, 6.45) is 4.59. The molecule has 0 radical (unpaired) electrons. The van der Waals surface area contributed by atoms with Gasteiger partial charge in [-0.15, -0.1) is 22.0 Å². The molecule has 0 saturated carbocycles. The van der Waals surface area contributed by atoms with Gasteiger partial charge in [0, 0.05) is 38.7 Å². The van der Waals surface area contributed by atoms with E-state index in [4.69, 9.17) is 9.73 Å². The lowest BCUT2D eigenvalue weighted by molar-refractivity contribution is 0.113. The molecule has 0 bridgehead atoms. The highest BCUT2D eigenvalue weighted by Crippen LogP contribution is 2.16. The highest BCUT2D eigenvalue weighted by molar-refractivity contribution is 7.98. The van der Waals surface area contributed by atoms with Crippen molar-refractivity contribution in [3.05, 3.63) is 41.5 Å². The molecule has 152 valence electrons. The summed E-state index contributed by atoms with van der Waals surface area (Å²) in [7, 11) is 4.03. The minimum atomic E-state index is 0.261. The van der Waals surface area contributed by atoms with Crippen molar-refractivity contribution in [1.29, 1.82) is 0 Å². The molecule has 1 saturated heterocycles. The number of aryl methyl sites for hydroxylation is 1. The first-order valence-electron chi connectivity index (χ1n) is 9.65. The van der Waals surface area contributed by atoms with E-state index in [0.717, 1.165) is 50.1 Å². The minimum Gasteiger partial charge on any atom is -0.376 e. The van der Waals surface area contributed by atoms with E-state index in [1.54, 1.807) is 11.8 Å². The first kappa shape index (κ1) is 20.7. The molecular weight excluding hydrogens is 372 g/mol. The Kier molecular flexibility index (Phi) is 7.33. The summed E-state index contributed by atoms with van der Waals surface area (Å²) >= 11 is 1.76. The molecule has 0 spiro atoms. The Bertz CT molecular complexity index is 782. The second-order valence-corrected chi connectivity index (χ2v) is 7.96. The summed E-state index contributed by atoms with van der Waals surface area (Å²) < 4.78 is 7.72. The van der Waals surface area contributed by atoms with E-state index in [1.807, 2.05) is 18.5 Å². The zero-order valence-corrected chi connectivity index (χ0v) is 18.0. The molecule has 7 nitrogen and oxygen atoms in total. The molecule has 1 aromatic heterocycles. The third kappa shape index (κ3) is 5.48. The molecule has 1 unspecified atom stereocenters. The number of ether oxygens (including phenoxy) is 1. The molecule has 1 atom stereocenters. The number of thioether (sulfide) groups is 1. The summed E-state index contributed by atoms with van der Waals surface area (Å²) in [4.78, 5) is 8.23. The first-order valence-corrected chi connectivity index (χ1v) is 10.9. The van der Waals surface area contributed by atoms with Gasteiger partial charge in [0.2, 0.25) is 0 Å². The lowest BCUT2D eigenvalue weighted by Gasteiger charge is -2.24. The highest BCUT2D eigenvalue weighted by atomic mass is 32.2. The van der Waals surface area contributed by atoms with Gasteiger partial charge in [0.1, 0.15) is 12.4 Å². The van der Waals surface area contributed by atoms with Gasteiger partial charge in [-0.05, 0) is 43.7 Å². The Morgan fingerprint density at radius 3 is 2.75 bits per heavy atom. The standard InChI is InChI=1S/C20H30N6OS/c1-15-23-24-19(26(15)3)13-22-20(21-12-17-6-5-11-27-17)25(2)14-16-7-9-18(28-4)10-8-16/h7-10,17H,5-6,11-14H2,1-4H3,(H,21,22). The van der Waals surface area contributed by atoms with Crippen molar-refractivity contribution in [3.8, 4) is 0 Å². The summed E-state index contributed by atoms with van der Waals surface area (Å²) in [5, 5.41) is 11.8. The number of aromatic nitrogens is 3. The van der Waals surface area contributed by atoms with Crippen LogP contribution in [-0.4, -0.2) is 58.2 Å². The van der Waals surface area contributed by atoms with Crippen LogP contribution in [0.2, 0.25) is 0 Å². The fraction of sp³-hybridized carbons (Fsp3) is 0.550. The molecule has 2 heterocycles. The van der Waals surface area contributed by atoms with Crippen molar-refractivity contribution in [2.24, 2.45) is 12.0 Å². The van der Waals surface area contributed by atoms with Gasteiger partial charge < -0.3 is 19.5 Å². The minimum absolute atomic E-state index is 0.261. The van der Waals surface area contributed by atoms with Gasteiger partial charge in [0.15, 0.2) is 11.8 Å². The van der Waals surface area contributed by atoms with Crippen molar-refractivity contribution in [1.82, 2.24) is 25.0 Å². The van der Waals surface area contributed by atoms with Crippen LogP contribution >= 0.6 is 11.8 Å². The molecule has 1 N–H and O–H groups in total. The number of benzene rings is 1. The average molecular weight is 403 g/mol. The summed E-state index contributed by atoms with van der Waals surface area (Å²) in [6.45, 7) is 4.84. The van der Waals surface area contributed by atoms with Crippen LogP contribution in [0, 0.1) is 6.92 Å². The number of nitrogens with zero attached hydrogens (tertiary/aromatic N) is 5. The zero-order chi connectivity index (χ0) is 19.9. The van der Waals surface area contributed by atoms with Crippen molar-refractivity contribution >= 4 is 17.7 Å². The molecular formula is C20H30N6OS. The lowest BCUT2D eigenvalue weighted by atomic mass is 10.2. The molecule has 1 aliphatic rings. The van der Waals surface area contributed by atoms with Crippen LogP contribution in [0.25, 0.3) is 0 Å². The van der Waals surface area contributed by atoms with Crippen molar-refractivity contribution in [2.45, 2.75) is 43.9 Å². The molecule has 3 rings (SSSR count). The van der Waals surface area contributed by atoms with E-state index in [1.165, 1.54) is 10.5 Å². The predicted molar refractivity (Wildman–Crippen MR) is 114 cm³/mol. The van der Waals surface area contributed by atoms with Gasteiger partial charge in [0.05, 0.1) is 6.10 Å². The number of hydrogen-bond donors (Lipinski definition) is 1. The lowest BCUT2D eigenvalue weighted by Crippen LogP contribution is -2.42. The molecule has 8 heteroatoms. The third-order valence-electron chi connectivity index (χ3n) is 5.01. The van der Waals surface area contributed by atoms with E-state index >= 15 is 0 Å². The van der Waals surface area contributed by atoms with Gasteiger partial charge in [0.25, 0.3) is 0 Å². The predicted octanol–water partition coefficient (Wildman–Crippen LogP) is 2.60. The van der Waals surface area contributed by atoms with E-state index < -0.39 is 0 Å². The SMILES string of the molecule is CSc1ccc(CN(C)C(=NCc2nnc(C)n2C)NCC2CCCO2)cc1.